The third-order valence-electron chi connectivity index (χ3n) is 2.83. The second-order valence-electron chi connectivity index (χ2n) is 4.08. The number of hydrogen-bond donors (Lipinski definition) is 0. The Morgan fingerprint density at radius 1 is 1.37 bits per heavy atom. The van der Waals surface area contributed by atoms with E-state index in [4.69, 9.17) is 9.47 Å². The van der Waals surface area contributed by atoms with Gasteiger partial charge < -0.3 is 14.0 Å². The molecule has 0 fully saturated rings. The Balaban J connectivity index is 1.99. The summed E-state index contributed by atoms with van der Waals surface area (Å²) in [5.41, 5.74) is 0.563. The van der Waals surface area contributed by atoms with E-state index in [9.17, 15) is 4.79 Å². The fraction of sp³-hybridized carbons (Fsp3) is 0.286. The third-order valence-corrected chi connectivity index (χ3v) is 2.83. The van der Waals surface area contributed by atoms with Crippen molar-refractivity contribution in [3.8, 4) is 11.5 Å². The highest BCUT2D eigenvalue weighted by Gasteiger charge is 2.06. The molecule has 0 saturated carbocycles. The fourth-order valence-corrected chi connectivity index (χ4v) is 1.77. The lowest BCUT2D eigenvalue weighted by Gasteiger charge is -2.10. The van der Waals surface area contributed by atoms with E-state index < -0.39 is 0 Å². The number of rotatable bonds is 6. The molecule has 0 radical (unpaired) electrons. The van der Waals surface area contributed by atoms with Crippen LogP contribution in [0.2, 0.25) is 0 Å². The molecule has 0 unspecified atom stereocenters. The zero-order valence-electron chi connectivity index (χ0n) is 11.0. The number of aromatic nitrogens is 2. The van der Waals surface area contributed by atoms with Gasteiger partial charge in [-0.25, -0.2) is 4.98 Å². The van der Waals surface area contributed by atoms with Crippen LogP contribution in [0.1, 0.15) is 16.2 Å². The van der Waals surface area contributed by atoms with Crippen molar-refractivity contribution >= 4 is 6.29 Å². The highest BCUT2D eigenvalue weighted by molar-refractivity contribution is 5.76. The van der Waals surface area contributed by atoms with Gasteiger partial charge in [0.15, 0.2) is 11.5 Å². The van der Waals surface area contributed by atoms with E-state index in [1.165, 1.54) is 0 Å². The fourth-order valence-electron chi connectivity index (χ4n) is 1.77. The summed E-state index contributed by atoms with van der Waals surface area (Å²) in [7, 11) is 3.50. The molecular weight excluding hydrogens is 244 g/mol. The second kappa shape index (κ2) is 6.04. The maximum absolute atomic E-state index is 10.7. The molecule has 1 aromatic carbocycles. The molecule has 0 spiro atoms. The molecule has 0 bridgehead atoms. The minimum absolute atomic E-state index is 0.502. The van der Waals surface area contributed by atoms with Crippen LogP contribution in [-0.4, -0.2) is 29.6 Å². The molecule has 2 rings (SSSR count). The van der Waals surface area contributed by atoms with Crippen molar-refractivity contribution in [3.63, 3.8) is 0 Å². The molecule has 0 atom stereocenters. The Labute approximate surface area is 111 Å². The quantitative estimate of drug-likeness (QED) is 0.744. The highest BCUT2D eigenvalue weighted by Crippen LogP contribution is 2.27. The van der Waals surface area contributed by atoms with Gasteiger partial charge in [0.1, 0.15) is 12.1 Å². The normalized spacial score (nSPS) is 10.2. The van der Waals surface area contributed by atoms with Gasteiger partial charge in [-0.1, -0.05) is 0 Å². The van der Waals surface area contributed by atoms with E-state index in [0.29, 0.717) is 30.1 Å². The molecule has 0 amide bonds. The number of aldehydes is 1. The van der Waals surface area contributed by atoms with Crippen LogP contribution in [0.4, 0.5) is 0 Å². The average Bonchev–Trinajstić information content (AvgIpc) is 2.84. The molecule has 5 nitrogen and oxygen atoms in total. The maximum atomic E-state index is 10.7. The number of hydrogen-bond acceptors (Lipinski definition) is 4. The summed E-state index contributed by atoms with van der Waals surface area (Å²) >= 11 is 0. The molecule has 0 N–H and O–H groups in total. The number of benzene rings is 1. The first-order valence-corrected chi connectivity index (χ1v) is 5.97. The summed E-state index contributed by atoms with van der Waals surface area (Å²) in [5, 5.41) is 0. The summed E-state index contributed by atoms with van der Waals surface area (Å²) in [5.74, 6) is 2.15. The van der Waals surface area contributed by atoms with E-state index in [1.54, 1.807) is 31.5 Å². The first-order valence-electron chi connectivity index (χ1n) is 5.97. The smallest absolute Gasteiger partial charge is 0.161 e. The van der Waals surface area contributed by atoms with Crippen molar-refractivity contribution in [1.82, 2.24) is 9.55 Å². The predicted molar refractivity (Wildman–Crippen MR) is 70.8 cm³/mol. The van der Waals surface area contributed by atoms with Crippen molar-refractivity contribution in [2.45, 2.75) is 6.42 Å². The summed E-state index contributed by atoms with van der Waals surface area (Å²) in [4.78, 5) is 14.9. The number of carbonyl (C=O) groups is 1. The molecule has 0 saturated heterocycles. The summed E-state index contributed by atoms with van der Waals surface area (Å²) in [6.45, 7) is 0.502. The van der Waals surface area contributed by atoms with Crippen molar-refractivity contribution in [1.29, 1.82) is 0 Å². The van der Waals surface area contributed by atoms with Crippen LogP contribution in [0.3, 0.4) is 0 Å². The number of methoxy groups -OCH3 is 1. The van der Waals surface area contributed by atoms with Crippen molar-refractivity contribution in [2.75, 3.05) is 13.7 Å². The van der Waals surface area contributed by atoms with Gasteiger partial charge in [0, 0.05) is 31.4 Å². The SMILES string of the molecule is COc1cc(C=O)ccc1OCCc1nccn1C. The maximum Gasteiger partial charge on any atom is 0.161 e. The van der Waals surface area contributed by atoms with Gasteiger partial charge in [0.2, 0.25) is 0 Å². The number of carbonyl (C=O) groups excluding carboxylic acids is 1. The third kappa shape index (κ3) is 3.13. The topological polar surface area (TPSA) is 53.4 Å². The zero-order valence-corrected chi connectivity index (χ0v) is 11.0. The Kier molecular flexibility index (Phi) is 4.18. The summed E-state index contributed by atoms with van der Waals surface area (Å²) in [6, 6.07) is 5.09. The first kappa shape index (κ1) is 13.1. The highest BCUT2D eigenvalue weighted by atomic mass is 16.5. The molecule has 0 aliphatic heterocycles. The predicted octanol–water partition coefficient (Wildman–Crippen LogP) is 1.86. The van der Waals surface area contributed by atoms with E-state index in [0.717, 1.165) is 12.1 Å². The van der Waals surface area contributed by atoms with Crippen LogP contribution < -0.4 is 9.47 Å². The number of ether oxygens (including phenoxy) is 2. The molecule has 0 aliphatic carbocycles. The Bertz CT molecular complexity index is 564. The van der Waals surface area contributed by atoms with Gasteiger partial charge in [0.25, 0.3) is 0 Å². The average molecular weight is 260 g/mol. The van der Waals surface area contributed by atoms with Crippen molar-refractivity contribution in [3.05, 3.63) is 42.0 Å². The Morgan fingerprint density at radius 2 is 2.21 bits per heavy atom. The molecule has 19 heavy (non-hydrogen) atoms. The minimum Gasteiger partial charge on any atom is -0.493 e. The largest absolute Gasteiger partial charge is 0.493 e. The van der Waals surface area contributed by atoms with Crippen LogP contribution in [0, 0.1) is 0 Å². The van der Waals surface area contributed by atoms with E-state index in [2.05, 4.69) is 4.98 Å². The van der Waals surface area contributed by atoms with Gasteiger partial charge in [-0.3, -0.25) is 4.79 Å². The number of imidazole rings is 1. The molecule has 100 valence electrons. The lowest BCUT2D eigenvalue weighted by Crippen LogP contribution is -2.07. The molecule has 2 aromatic rings. The minimum atomic E-state index is 0.502. The lowest BCUT2D eigenvalue weighted by molar-refractivity contribution is 0.112. The molecular formula is C14H16N2O3. The Hall–Kier alpha value is -2.30. The monoisotopic (exact) mass is 260 g/mol. The van der Waals surface area contributed by atoms with Gasteiger partial charge in [-0.15, -0.1) is 0 Å². The van der Waals surface area contributed by atoms with Crippen LogP contribution in [0.5, 0.6) is 11.5 Å². The lowest BCUT2D eigenvalue weighted by atomic mass is 10.2. The van der Waals surface area contributed by atoms with Crippen LogP contribution >= 0.6 is 0 Å². The van der Waals surface area contributed by atoms with Crippen LogP contribution in [-0.2, 0) is 13.5 Å². The van der Waals surface area contributed by atoms with E-state index >= 15 is 0 Å². The summed E-state index contributed by atoms with van der Waals surface area (Å²) in [6.07, 6.45) is 5.14. The van der Waals surface area contributed by atoms with Gasteiger partial charge in [-0.2, -0.15) is 0 Å². The van der Waals surface area contributed by atoms with Crippen LogP contribution in [0.25, 0.3) is 0 Å². The molecule has 5 heteroatoms. The van der Waals surface area contributed by atoms with Crippen molar-refractivity contribution in [2.24, 2.45) is 7.05 Å². The zero-order chi connectivity index (χ0) is 13.7. The number of aryl methyl sites for hydroxylation is 1. The van der Waals surface area contributed by atoms with Gasteiger partial charge >= 0.3 is 0 Å². The Morgan fingerprint density at radius 3 is 2.84 bits per heavy atom. The van der Waals surface area contributed by atoms with Crippen LogP contribution in [0.15, 0.2) is 30.6 Å². The van der Waals surface area contributed by atoms with Gasteiger partial charge in [-0.05, 0) is 18.2 Å². The molecule has 0 aliphatic rings. The molecule has 1 aromatic heterocycles. The van der Waals surface area contributed by atoms with Crippen molar-refractivity contribution < 1.29 is 14.3 Å². The second-order valence-corrected chi connectivity index (χ2v) is 4.08. The summed E-state index contributed by atoms with van der Waals surface area (Å²) < 4.78 is 12.8. The van der Waals surface area contributed by atoms with Gasteiger partial charge in [0.05, 0.1) is 13.7 Å². The van der Waals surface area contributed by atoms with E-state index in [-0.39, 0.29) is 0 Å². The first-order chi connectivity index (χ1) is 9.24. The standard InChI is InChI=1S/C14H16N2O3/c1-16-7-6-15-14(16)5-8-19-12-4-3-11(10-17)9-13(12)18-2/h3-4,6-7,9-10H,5,8H2,1-2H3. The number of nitrogens with zero attached hydrogens (tertiary/aromatic N) is 2. The van der Waals surface area contributed by atoms with E-state index in [1.807, 2.05) is 17.8 Å². The molecule has 1 heterocycles.